The molecule has 0 unspecified atom stereocenters. The van der Waals surface area contributed by atoms with E-state index in [2.05, 4.69) is 19.2 Å². The Balaban J connectivity index is 1.59. The number of rotatable bonds is 5. The predicted octanol–water partition coefficient (Wildman–Crippen LogP) is 6.44. The molecule has 0 radical (unpaired) electrons. The van der Waals surface area contributed by atoms with Crippen LogP contribution in [0, 0.1) is 6.92 Å². The van der Waals surface area contributed by atoms with E-state index < -0.39 is 5.25 Å². The minimum absolute atomic E-state index is 0.0581. The first-order valence-corrected chi connectivity index (χ1v) is 14.2. The van der Waals surface area contributed by atoms with Gasteiger partial charge in [0, 0.05) is 21.1 Å². The van der Waals surface area contributed by atoms with E-state index in [0.29, 0.717) is 5.16 Å². The van der Waals surface area contributed by atoms with Gasteiger partial charge in [0.2, 0.25) is 5.91 Å². The molecule has 0 bridgehead atoms. The minimum atomic E-state index is -0.444. The standard InChI is InChI=1S/C27H27N3O2S3/c1-16-10-12-19(13-11-16)30-25(32)22-20-14-27(3,4)33-15-21(20)35-24(22)29-26(30)34-17(2)23(31)28-18-8-6-5-7-9-18/h5-13,17H,14-15H2,1-4H3,(H,28,31)/t17-/m1/s1. The summed E-state index contributed by atoms with van der Waals surface area (Å²) in [5, 5.41) is 3.77. The molecule has 0 saturated carbocycles. The topological polar surface area (TPSA) is 64.0 Å². The Morgan fingerprint density at radius 1 is 1.14 bits per heavy atom. The number of fused-ring (bicyclic) bond motifs is 3. The summed E-state index contributed by atoms with van der Waals surface area (Å²) in [6, 6.07) is 17.3. The van der Waals surface area contributed by atoms with Crippen molar-refractivity contribution in [2.24, 2.45) is 0 Å². The molecular formula is C27H27N3O2S3. The van der Waals surface area contributed by atoms with E-state index in [4.69, 9.17) is 4.98 Å². The third-order valence-corrected chi connectivity index (χ3v) is 9.78. The van der Waals surface area contributed by atoms with Gasteiger partial charge in [-0.3, -0.25) is 14.2 Å². The number of benzene rings is 2. The fourth-order valence-electron chi connectivity index (χ4n) is 4.15. The first kappa shape index (κ1) is 24.2. The van der Waals surface area contributed by atoms with Gasteiger partial charge >= 0.3 is 0 Å². The number of aromatic nitrogens is 2. The van der Waals surface area contributed by atoms with Crippen molar-refractivity contribution in [2.75, 3.05) is 5.32 Å². The fourth-order valence-corrected chi connectivity index (χ4v) is 7.46. The van der Waals surface area contributed by atoms with Crippen molar-refractivity contribution >= 4 is 56.7 Å². The van der Waals surface area contributed by atoms with Gasteiger partial charge in [-0.25, -0.2) is 4.98 Å². The van der Waals surface area contributed by atoms with Crippen molar-refractivity contribution in [3.8, 4) is 5.69 Å². The number of thioether (sulfide) groups is 2. The zero-order valence-corrected chi connectivity index (χ0v) is 22.6. The average Bonchev–Trinajstić information content (AvgIpc) is 3.17. The van der Waals surface area contributed by atoms with E-state index >= 15 is 0 Å². The van der Waals surface area contributed by atoms with Crippen LogP contribution in [0.3, 0.4) is 0 Å². The largest absolute Gasteiger partial charge is 0.325 e. The molecule has 2 aromatic heterocycles. The zero-order valence-electron chi connectivity index (χ0n) is 20.1. The normalized spacial score (nSPS) is 15.5. The molecule has 5 nitrogen and oxygen atoms in total. The number of hydrogen-bond acceptors (Lipinski definition) is 6. The molecule has 1 aliphatic rings. The monoisotopic (exact) mass is 521 g/mol. The molecule has 2 aromatic carbocycles. The first-order chi connectivity index (χ1) is 16.7. The second-order valence-corrected chi connectivity index (χ2v) is 13.5. The second-order valence-electron chi connectivity index (χ2n) is 9.39. The number of aryl methyl sites for hydroxylation is 1. The quantitative estimate of drug-likeness (QED) is 0.242. The van der Waals surface area contributed by atoms with Gasteiger partial charge in [-0.2, -0.15) is 0 Å². The van der Waals surface area contributed by atoms with Crippen LogP contribution in [0.5, 0.6) is 0 Å². The fraction of sp³-hybridized carbons (Fsp3) is 0.296. The summed E-state index contributed by atoms with van der Waals surface area (Å²) in [5.41, 5.74) is 3.70. The second kappa shape index (κ2) is 9.48. The van der Waals surface area contributed by atoms with E-state index in [1.807, 2.05) is 80.2 Å². The summed E-state index contributed by atoms with van der Waals surface area (Å²) < 4.78 is 1.76. The highest BCUT2D eigenvalue weighted by Gasteiger charge is 2.31. The maximum atomic E-state index is 14.0. The Kier molecular flexibility index (Phi) is 6.55. The highest BCUT2D eigenvalue weighted by Crippen LogP contribution is 2.44. The Morgan fingerprint density at radius 2 is 1.86 bits per heavy atom. The molecule has 180 valence electrons. The highest BCUT2D eigenvalue weighted by molar-refractivity contribution is 8.00. The Bertz CT molecular complexity index is 1460. The smallest absolute Gasteiger partial charge is 0.267 e. The third kappa shape index (κ3) is 4.92. The molecule has 1 amide bonds. The molecule has 0 fully saturated rings. The van der Waals surface area contributed by atoms with Gasteiger partial charge in [0.25, 0.3) is 5.56 Å². The van der Waals surface area contributed by atoms with Crippen LogP contribution in [0.25, 0.3) is 15.9 Å². The van der Waals surface area contributed by atoms with Gasteiger partial charge in [-0.15, -0.1) is 23.1 Å². The lowest BCUT2D eigenvalue weighted by Gasteiger charge is -2.28. The molecule has 3 heterocycles. The van der Waals surface area contributed by atoms with Crippen LogP contribution in [0.4, 0.5) is 5.69 Å². The number of amides is 1. The Labute approximate surface area is 217 Å². The summed E-state index contributed by atoms with van der Waals surface area (Å²) in [6.45, 7) is 8.33. The van der Waals surface area contributed by atoms with E-state index in [1.54, 1.807) is 15.9 Å². The van der Waals surface area contributed by atoms with Crippen LogP contribution in [0.1, 0.15) is 36.8 Å². The van der Waals surface area contributed by atoms with Crippen LogP contribution in [-0.2, 0) is 17.0 Å². The van der Waals surface area contributed by atoms with Gasteiger partial charge in [-0.1, -0.05) is 61.5 Å². The average molecular weight is 522 g/mol. The van der Waals surface area contributed by atoms with E-state index in [1.165, 1.54) is 16.6 Å². The molecule has 5 rings (SSSR count). The number of carbonyl (C=O) groups excluding carboxylic acids is 1. The lowest BCUT2D eigenvalue weighted by molar-refractivity contribution is -0.115. The third-order valence-electron chi connectivity index (χ3n) is 6.06. The maximum Gasteiger partial charge on any atom is 0.267 e. The lowest BCUT2D eigenvalue weighted by atomic mass is 10.00. The maximum absolute atomic E-state index is 14.0. The molecular weight excluding hydrogens is 495 g/mol. The predicted molar refractivity (Wildman–Crippen MR) is 149 cm³/mol. The molecule has 1 aliphatic heterocycles. The van der Waals surface area contributed by atoms with Crippen LogP contribution in [-0.4, -0.2) is 25.5 Å². The number of thiophene rings is 1. The van der Waals surface area contributed by atoms with Crippen LogP contribution >= 0.6 is 34.9 Å². The van der Waals surface area contributed by atoms with Crippen molar-refractivity contribution in [3.63, 3.8) is 0 Å². The number of para-hydroxylation sites is 1. The van der Waals surface area contributed by atoms with Crippen molar-refractivity contribution in [3.05, 3.63) is 81.0 Å². The molecule has 4 aromatic rings. The van der Waals surface area contributed by atoms with Gasteiger partial charge in [0.05, 0.1) is 16.3 Å². The van der Waals surface area contributed by atoms with Crippen molar-refractivity contribution in [1.82, 2.24) is 9.55 Å². The molecule has 8 heteroatoms. The van der Waals surface area contributed by atoms with Crippen LogP contribution < -0.4 is 10.9 Å². The molecule has 1 atom stereocenters. The summed E-state index contributed by atoms with van der Waals surface area (Å²) in [7, 11) is 0. The Hall–Kier alpha value is -2.55. The van der Waals surface area contributed by atoms with E-state index in [-0.39, 0.29) is 16.2 Å². The molecule has 0 saturated heterocycles. The first-order valence-electron chi connectivity index (χ1n) is 11.5. The number of nitrogens with one attached hydrogen (secondary N) is 1. The highest BCUT2D eigenvalue weighted by atomic mass is 32.2. The van der Waals surface area contributed by atoms with Crippen LogP contribution in [0.15, 0.2) is 64.5 Å². The summed E-state index contributed by atoms with van der Waals surface area (Å²) >= 11 is 4.85. The Morgan fingerprint density at radius 3 is 2.57 bits per heavy atom. The summed E-state index contributed by atoms with van der Waals surface area (Å²) in [4.78, 5) is 33.9. The molecule has 1 N–H and O–H groups in total. The van der Waals surface area contributed by atoms with Gasteiger partial charge in [0.1, 0.15) is 4.83 Å². The number of carbonyl (C=O) groups is 1. The van der Waals surface area contributed by atoms with Crippen molar-refractivity contribution in [1.29, 1.82) is 0 Å². The van der Waals surface area contributed by atoms with Crippen molar-refractivity contribution in [2.45, 2.75) is 55.0 Å². The minimum Gasteiger partial charge on any atom is -0.325 e. The summed E-state index contributed by atoms with van der Waals surface area (Å²) in [5.74, 6) is 0.765. The van der Waals surface area contributed by atoms with Crippen LogP contribution in [0.2, 0.25) is 0 Å². The lowest BCUT2D eigenvalue weighted by Crippen LogP contribution is -2.27. The van der Waals surface area contributed by atoms with Gasteiger partial charge in [0.15, 0.2) is 5.16 Å². The van der Waals surface area contributed by atoms with E-state index in [9.17, 15) is 9.59 Å². The molecule has 35 heavy (non-hydrogen) atoms. The zero-order chi connectivity index (χ0) is 24.7. The van der Waals surface area contributed by atoms with Crippen molar-refractivity contribution < 1.29 is 4.79 Å². The van der Waals surface area contributed by atoms with E-state index in [0.717, 1.165) is 44.9 Å². The van der Waals surface area contributed by atoms with Gasteiger partial charge in [-0.05, 0) is 50.1 Å². The van der Waals surface area contributed by atoms with Gasteiger partial charge < -0.3 is 5.32 Å². The number of nitrogens with zero attached hydrogens (tertiary/aromatic N) is 2. The number of anilines is 1. The SMILES string of the molecule is Cc1ccc(-n2c(S[C@H](C)C(=O)Nc3ccccc3)nc3sc4c(c3c2=O)CC(C)(C)SC4)cc1. The summed E-state index contributed by atoms with van der Waals surface area (Å²) in [6.07, 6.45) is 0.847. The molecule has 0 spiro atoms. The molecule has 0 aliphatic carbocycles. The number of hydrogen-bond donors (Lipinski definition) is 1.